The first kappa shape index (κ1) is 13.0. The highest BCUT2D eigenvalue weighted by Crippen LogP contribution is 2.21. The van der Waals surface area contributed by atoms with Crippen LogP contribution in [-0.2, 0) is 4.74 Å². The van der Waals surface area contributed by atoms with Crippen molar-refractivity contribution in [1.29, 1.82) is 0 Å². The highest BCUT2D eigenvalue weighted by Gasteiger charge is 2.08. The molecule has 1 N–H and O–H groups in total. The van der Waals surface area contributed by atoms with Crippen molar-refractivity contribution in [2.45, 2.75) is 6.92 Å². The molecular weight excluding hydrogens is 300 g/mol. The van der Waals surface area contributed by atoms with E-state index in [1.54, 1.807) is 12.4 Å². The average molecular weight is 313 g/mol. The van der Waals surface area contributed by atoms with Crippen molar-refractivity contribution in [3.05, 3.63) is 22.9 Å². The van der Waals surface area contributed by atoms with Crippen molar-refractivity contribution in [2.24, 2.45) is 0 Å². The van der Waals surface area contributed by atoms with Crippen LogP contribution < -0.4 is 5.32 Å². The summed E-state index contributed by atoms with van der Waals surface area (Å²) in [5.74, 6) is 0.433. The molecule has 6 nitrogen and oxygen atoms in total. The number of halogens is 1. The number of ether oxygens (including phenoxy) is 1. The smallest absolute Gasteiger partial charge is 0.315 e. The van der Waals surface area contributed by atoms with Gasteiger partial charge in [0.1, 0.15) is 0 Å². The SMILES string of the molecule is CCOCCNc1nnc(-c2cncc(Br)c2)o1. The Morgan fingerprint density at radius 2 is 2.28 bits per heavy atom. The zero-order valence-corrected chi connectivity index (χ0v) is 11.5. The molecule has 7 heteroatoms. The Hall–Kier alpha value is -1.47. The Bertz CT molecular complexity index is 503. The number of rotatable bonds is 6. The minimum Gasteiger partial charge on any atom is -0.403 e. The molecule has 0 bridgehead atoms. The van der Waals surface area contributed by atoms with Crippen molar-refractivity contribution >= 4 is 21.9 Å². The summed E-state index contributed by atoms with van der Waals surface area (Å²) < 4.78 is 11.5. The molecule has 0 atom stereocenters. The summed E-state index contributed by atoms with van der Waals surface area (Å²) in [4.78, 5) is 4.04. The van der Waals surface area contributed by atoms with Gasteiger partial charge in [-0.2, -0.15) is 0 Å². The molecular formula is C11H13BrN4O2. The number of hydrogen-bond donors (Lipinski definition) is 1. The molecule has 2 heterocycles. The van der Waals surface area contributed by atoms with E-state index in [0.29, 0.717) is 31.7 Å². The standard InChI is InChI=1S/C11H13BrN4O2/c1-2-17-4-3-14-11-16-15-10(18-11)8-5-9(12)7-13-6-8/h5-7H,2-4H2,1H3,(H,14,16). The Balaban J connectivity index is 1.97. The lowest BCUT2D eigenvalue weighted by Gasteiger charge is -2.00. The predicted octanol–water partition coefficient (Wildman–Crippen LogP) is 2.34. The largest absolute Gasteiger partial charge is 0.403 e. The van der Waals surface area contributed by atoms with Gasteiger partial charge in [-0.3, -0.25) is 4.98 Å². The topological polar surface area (TPSA) is 73.1 Å². The molecule has 0 aliphatic heterocycles. The molecule has 2 aromatic rings. The van der Waals surface area contributed by atoms with Gasteiger partial charge < -0.3 is 14.5 Å². The molecule has 0 amide bonds. The third-order valence-corrected chi connectivity index (χ3v) is 2.54. The van der Waals surface area contributed by atoms with Gasteiger partial charge in [-0.25, -0.2) is 0 Å². The Morgan fingerprint density at radius 1 is 1.39 bits per heavy atom. The summed E-state index contributed by atoms with van der Waals surface area (Å²) in [6.07, 6.45) is 3.36. The first-order valence-electron chi connectivity index (χ1n) is 5.55. The minimum absolute atomic E-state index is 0.379. The summed E-state index contributed by atoms with van der Waals surface area (Å²) in [6.45, 7) is 3.88. The first-order valence-corrected chi connectivity index (χ1v) is 6.35. The number of hydrogen-bond acceptors (Lipinski definition) is 6. The van der Waals surface area contributed by atoms with Crippen LogP contribution >= 0.6 is 15.9 Å². The lowest BCUT2D eigenvalue weighted by atomic mass is 10.3. The van der Waals surface area contributed by atoms with Crippen LogP contribution in [0.4, 0.5) is 6.01 Å². The van der Waals surface area contributed by atoms with Gasteiger partial charge in [-0.05, 0) is 28.9 Å². The Kier molecular flexibility index (Phi) is 4.66. The van der Waals surface area contributed by atoms with Gasteiger partial charge in [0, 0.05) is 30.0 Å². The molecule has 2 aromatic heterocycles. The number of nitrogens with one attached hydrogen (secondary N) is 1. The van der Waals surface area contributed by atoms with E-state index in [0.717, 1.165) is 10.0 Å². The van der Waals surface area contributed by atoms with E-state index in [-0.39, 0.29) is 0 Å². The van der Waals surface area contributed by atoms with Crippen LogP contribution in [0.1, 0.15) is 6.92 Å². The molecule has 96 valence electrons. The second-order valence-electron chi connectivity index (χ2n) is 3.43. The van der Waals surface area contributed by atoms with E-state index in [4.69, 9.17) is 9.15 Å². The van der Waals surface area contributed by atoms with Crippen LogP contribution in [0, 0.1) is 0 Å². The van der Waals surface area contributed by atoms with Crippen LogP contribution in [-0.4, -0.2) is 34.9 Å². The molecule has 0 saturated heterocycles. The van der Waals surface area contributed by atoms with Gasteiger partial charge in [0.25, 0.3) is 5.89 Å². The maximum atomic E-state index is 5.46. The average Bonchev–Trinajstić information content (AvgIpc) is 2.83. The van der Waals surface area contributed by atoms with Gasteiger partial charge in [0.05, 0.1) is 12.2 Å². The van der Waals surface area contributed by atoms with Crippen molar-refractivity contribution in [3.8, 4) is 11.5 Å². The van der Waals surface area contributed by atoms with Crippen molar-refractivity contribution < 1.29 is 9.15 Å². The van der Waals surface area contributed by atoms with Gasteiger partial charge >= 0.3 is 6.01 Å². The molecule has 2 rings (SSSR count). The van der Waals surface area contributed by atoms with Crippen molar-refractivity contribution in [1.82, 2.24) is 15.2 Å². The molecule has 0 radical (unpaired) electrons. The van der Waals surface area contributed by atoms with Crippen LogP contribution in [0.25, 0.3) is 11.5 Å². The monoisotopic (exact) mass is 312 g/mol. The third kappa shape index (κ3) is 3.51. The summed E-state index contributed by atoms with van der Waals surface area (Å²) >= 11 is 3.34. The van der Waals surface area contributed by atoms with E-state index in [1.165, 1.54) is 0 Å². The zero-order chi connectivity index (χ0) is 12.8. The van der Waals surface area contributed by atoms with E-state index in [9.17, 15) is 0 Å². The van der Waals surface area contributed by atoms with Gasteiger partial charge in [0.2, 0.25) is 0 Å². The van der Waals surface area contributed by atoms with E-state index in [2.05, 4.69) is 36.4 Å². The van der Waals surface area contributed by atoms with Crippen LogP contribution in [0.2, 0.25) is 0 Å². The molecule has 0 spiro atoms. The predicted molar refractivity (Wildman–Crippen MR) is 70.2 cm³/mol. The summed E-state index contributed by atoms with van der Waals surface area (Å²) in [6, 6.07) is 2.24. The minimum atomic E-state index is 0.379. The second-order valence-corrected chi connectivity index (χ2v) is 4.34. The number of aromatic nitrogens is 3. The lowest BCUT2D eigenvalue weighted by molar-refractivity contribution is 0.157. The summed E-state index contributed by atoms with van der Waals surface area (Å²) in [7, 11) is 0. The molecule has 0 aromatic carbocycles. The Labute approximate surface area is 113 Å². The Morgan fingerprint density at radius 3 is 3.06 bits per heavy atom. The van der Waals surface area contributed by atoms with Gasteiger partial charge in [0.15, 0.2) is 0 Å². The maximum absolute atomic E-state index is 5.46. The second kappa shape index (κ2) is 6.46. The van der Waals surface area contributed by atoms with Crippen molar-refractivity contribution in [3.63, 3.8) is 0 Å². The quantitative estimate of drug-likeness (QED) is 0.825. The number of pyridine rings is 1. The van der Waals surface area contributed by atoms with Crippen molar-refractivity contribution in [2.75, 3.05) is 25.1 Å². The molecule has 0 fully saturated rings. The van der Waals surface area contributed by atoms with Crippen LogP contribution in [0.3, 0.4) is 0 Å². The summed E-state index contributed by atoms with van der Waals surface area (Å²) in [5.41, 5.74) is 0.773. The first-order chi connectivity index (χ1) is 8.79. The molecule has 0 unspecified atom stereocenters. The highest BCUT2D eigenvalue weighted by molar-refractivity contribution is 9.10. The van der Waals surface area contributed by atoms with Crippen LogP contribution in [0.5, 0.6) is 0 Å². The number of anilines is 1. The van der Waals surface area contributed by atoms with Crippen LogP contribution in [0.15, 0.2) is 27.3 Å². The maximum Gasteiger partial charge on any atom is 0.315 e. The molecule has 0 aliphatic rings. The number of nitrogens with zero attached hydrogens (tertiary/aromatic N) is 3. The van der Waals surface area contributed by atoms with E-state index < -0.39 is 0 Å². The fourth-order valence-electron chi connectivity index (χ4n) is 1.31. The van der Waals surface area contributed by atoms with Gasteiger partial charge in [-0.1, -0.05) is 5.10 Å². The summed E-state index contributed by atoms with van der Waals surface area (Å²) in [5, 5.41) is 10.8. The molecule has 0 saturated carbocycles. The van der Waals surface area contributed by atoms with Gasteiger partial charge in [-0.15, -0.1) is 5.10 Å². The zero-order valence-electron chi connectivity index (χ0n) is 9.89. The highest BCUT2D eigenvalue weighted by atomic mass is 79.9. The van der Waals surface area contributed by atoms with E-state index >= 15 is 0 Å². The fraction of sp³-hybridized carbons (Fsp3) is 0.364. The third-order valence-electron chi connectivity index (χ3n) is 2.10. The normalized spacial score (nSPS) is 10.6. The lowest BCUT2D eigenvalue weighted by Crippen LogP contribution is -2.09. The molecule has 0 aliphatic carbocycles. The molecule has 18 heavy (non-hydrogen) atoms. The fourth-order valence-corrected chi connectivity index (χ4v) is 1.68. The van der Waals surface area contributed by atoms with E-state index in [1.807, 2.05) is 13.0 Å².